The van der Waals surface area contributed by atoms with E-state index >= 15 is 0 Å². The van der Waals surface area contributed by atoms with Crippen molar-refractivity contribution in [2.45, 2.75) is 25.4 Å². The Morgan fingerprint density at radius 2 is 1.71 bits per heavy atom. The lowest BCUT2D eigenvalue weighted by Crippen LogP contribution is -2.49. The Morgan fingerprint density at radius 1 is 0.971 bits per heavy atom. The largest absolute Gasteiger partial charge is 0.382 e. The van der Waals surface area contributed by atoms with E-state index in [1.165, 1.54) is 6.20 Å². The van der Waals surface area contributed by atoms with Crippen LogP contribution in [-0.4, -0.2) is 43.7 Å². The molecular weight excluding hydrogens is 444 g/mol. The first-order valence-corrected chi connectivity index (χ1v) is 10.00. The van der Waals surface area contributed by atoms with Crippen molar-refractivity contribution in [2.75, 3.05) is 16.8 Å². The molecule has 0 fully saturated rings. The number of rotatable bonds is 9. The number of carbonyl (C=O) groups is 3. The molecule has 3 amide bonds. The highest BCUT2D eigenvalue weighted by molar-refractivity contribution is 5.97. The van der Waals surface area contributed by atoms with Gasteiger partial charge in [-0.25, -0.2) is 21.7 Å². The standard InChI is InChI=1S/C19H24N12O3/c20-15-14-16(29-19(21)28-15)25-8-11(26-14)7-24-10-3-1-9(2-4-10)17(33)27-12(18(34)31-23)5-6-13(32)30-22/h1-4,8,12,24H,5-7,22-23H2,(H,27,33)(H,30,32)(H,31,34)(H4,20,21,25,28,29)/t12-/m0/s1. The minimum absolute atomic E-state index is 0.0188. The van der Waals surface area contributed by atoms with Crippen LogP contribution in [0.4, 0.5) is 17.5 Å². The van der Waals surface area contributed by atoms with Crippen LogP contribution >= 0.6 is 0 Å². The zero-order valence-corrected chi connectivity index (χ0v) is 17.9. The second kappa shape index (κ2) is 10.8. The summed E-state index contributed by atoms with van der Waals surface area (Å²) in [4.78, 5) is 52.2. The Kier molecular flexibility index (Phi) is 7.63. The van der Waals surface area contributed by atoms with Gasteiger partial charge in [0.05, 0.1) is 18.4 Å². The number of anilines is 3. The highest BCUT2D eigenvalue weighted by Crippen LogP contribution is 2.16. The summed E-state index contributed by atoms with van der Waals surface area (Å²) in [6.07, 6.45) is 1.49. The lowest BCUT2D eigenvalue weighted by atomic mass is 10.1. The molecule has 178 valence electrons. The third-order valence-electron chi connectivity index (χ3n) is 4.71. The van der Waals surface area contributed by atoms with Gasteiger partial charge in [0.25, 0.3) is 11.8 Å². The van der Waals surface area contributed by atoms with E-state index in [1.807, 2.05) is 10.9 Å². The maximum absolute atomic E-state index is 12.5. The van der Waals surface area contributed by atoms with Crippen LogP contribution < -0.4 is 44.6 Å². The van der Waals surface area contributed by atoms with Gasteiger partial charge in [0.1, 0.15) is 6.04 Å². The van der Waals surface area contributed by atoms with E-state index in [0.717, 1.165) is 0 Å². The number of hydrogen-bond acceptors (Lipinski definition) is 12. The average Bonchev–Trinajstić information content (AvgIpc) is 2.84. The lowest BCUT2D eigenvalue weighted by molar-refractivity contribution is -0.124. The van der Waals surface area contributed by atoms with Crippen LogP contribution in [-0.2, 0) is 16.1 Å². The minimum Gasteiger partial charge on any atom is -0.382 e. The minimum atomic E-state index is -1.01. The maximum atomic E-state index is 12.5. The van der Waals surface area contributed by atoms with Crippen LogP contribution in [0, 0.1) is 0 Å². The molecular formula is C19H24N12O3. The summed E-state index contributed by atoms with van der Waals surface area (Å²) < 4.78 is 0. The molecule has 0 spiro atoms. The van der Waals surface area contributed by atoms with E-state index in [0.29, 0.717) is 34.7 Å². The van der Waals surface area contributed by atoms with Crippen molar-refractivity contribution in [1.82, 2.24) is 36.1 Å². The summed E-state index contributed by atoms with van der Waals surface area (Å²) in [6.45, 7) is 0.320. The molecule has 1 aromatic carbocycles. The van der Waals surface area contributed by atoms with Crippen molar-refractivity contribution in [3.05, 3.63) is 41.7 Å². The van der Waals surface area contributed by atoms with Gasteiger partial charge in [0, 0.05) is 17.7 Å². The molecule has 0 bridgehead atoms. The van der Waals surface area contributed by atoms with E-state index in [2.05, 4.69) is 30.6 Å². The quantitative estimate of drug-likeness (QED) is 0.0968. The molecule has 0 saturated heterocycles. The molecule has 0 saturated carbocycles. The van der Waals surface area contributed by atoms with Crippen molar-refractivity contribution in [3.8, 4) is 0 Å². The average molecular weight is 468 g/mol. The van der Waals surface area contributed by atoms with Crippen molar-refractivity contribution in [1.29, 1.82) is 0 Å². The Bertz CT molecular complexity index is 1200. The number of hydrazine groups is 2. The van der Waals surface area contributed by atoms with E-state index in [4.69, 9.17) is 23.2 Å². The molecule has 0 unspecified atom stereocenters. The summed E-state index contributed by atoms with van der Waals surface area (Å²) in [5, 5.41) is 5.70. The Morgan fingerprint density at radius 3 is 2.38 bits per heavy atom. The summed E-state index contributed by atoms with van der Waals surface area (Å²) in [7, 11) is 0. The maximum Gasteiger partial charge on any atom is 0.256 e. The predicted octanol–water partition coefficient (Wildman–Crippen LogP) is -1.95. The van der Waals surface area contributed by atoms with Gasteiger partial charge in [-0.3, -0.25) is 25.2 Å². The molecule has 0 aliphatic heterocycles. The molecule has 0 aliphatic carbocycles. The number of nitrogens with one attached hydrogen (secondary N) is 4. The molecule has 0 radical (unpaired) electrons. The van der Waals surface area contributed by atoms with Gasteiger partial charge in [-0.15, -0.1) is 0 Å². The number of hydrogen-bond donors (Lipinski definition) is 8. The van der Waals surface area contributed by atoms with E-state index in [9.17, 15) is 14.4 Å². The molecule has 15 heteroatoms. The molecule has 0 aliphatic rings. The first-order valence-electron chi connectivity index (χ1n) is 10.00. The number of aromatic nitrogens is 4. The lowest BCUT2D eigenvalue weighted by Gasteiger charge is -2.17. The number of nitrogens with two attached hydrogens (primary N) is 4. The number of nitrogens with zero attached hydrogens (tertiary/aromatic N) is 4. The number of benzene rings is 1. The van der Waals surface area contributed by atoms with Crippen molar-refractivity contribution < 1.29 is 14.4 Å². The molecule has 2 heterocycles. The molecule has 2 aromatic heterocycles. The van der Waals surface area contributed by atoms with Gasteiger partial charge in [0.2, 0.25) is 11.9 Å². The van der Waals surface area contributed by atoms with Crippen LogP contribution in [0.5, 0.6) is 0 Å². The zero-order valence-electron chi connectivity index (χ0n) is 17.9. The number of carbonyl (C=O) groups excluding carboxylic acids is 3. The molecule has 3 aromatic rings. The summed E-state index contributed by atoms with van der Waals surface area (Å²) in [6, 6.07) is 5.50. The van der Waals surface area contributed by atoms with Gasteiger partial charge in [-0.2, -0.15) is 9.97 Å². The number of fused-ring (bicyclic) bond motifs is 1. The van der Waals surface area contributed by atoms with E-state index in [1.54, 1.807) is 24.3 Å². The van der Waals surface area contributed by atoms with Crippen LogP contribution in [0.25, 0.3) is 11.2 Å². The predicted molar refractivity (Wildman–Crippen MR) is 123 cm³/mol. The first kappa shape index (κ1) is 24.0. The number of nitrogen functional groups attached to an aromatic ring is 2. The molecule has 34 heavy (non-hydrogen) atoms. The molecule has 1 atom stereocenters. The normalized spacial score (nSPS) is 11.5. The van der Waals surface area contributed by atoms with E-state index < -0.39 is 23.8 Å². The van der Waals surface area contributed by atoms with Crippen LogP contribution in [0.15, 0.2) is 30.5 Å². The first-order chi connectivity index (χ1) is 16.3. The summed E-state index contributed by atoms with van der Waals surface area (Å²) in [5.74, 6) is 8.72. The molecule has 12 N–H and O–H groups in total. The highest BCUT2D eigenvalue weighted by atomic mass is 16.2. The van der Waals surface area contributed by atoms with Gasteiger partial charge in [-0.05, 0) is 30.7 Å². The van der Waals surface area contributed by atoms with Crippen LogP contribution in [0.2, 0.25) is 0 Å². The summed E-state index contributed by atoms with van der Waals surface area (Å²) in [5.41, 5.74) is 17.6. The second-order valence-corrected chi connectivity index (χ2v) is 7.07. The zero-order chi connectivity index (χ0) is 24.7. The van der Waals surface area contributed by atoms with Crippen LogP contribution in [0.1, 0.15) is 28.9 Å². The van der Waals surface area contributed by atoms with Gasteiger partial charge in [0.15, 0.2) is 17.0 Å². The third kappa shape index (κ3) is 5.99. The third-order valence-corrected chi connectivity index (χ3v) is 4.71. The SMILES string of the molecule is NNC(=O)CC[C@H](NC(=O)c1ccc(NCc2cnc3nc(N)nc(N)c3n2)cc1)C(=O)NN. The molecule has 3 rings (SSSR count). The fourth-order valence-corrected chi connectivity index (χ4v) is 2.96. The van der Waals surface area contributed by atoms with Crippen LogP contribution in [0.3, 0.4) is 0 Å². The fourth-order valence-electron chi connectivity index (χ4n) is 2.96. The topological polar surface area (TPSA) is 255 Å². The summed E-state index contributed by atoms with van der Waals surface area (Å²) >= 11 is 0. The Hall–Kier alpha value is -4.63. The fraction of sp³-hybridized carbons (Fsp3) is 0.211. The monoisotopic (exact) mass is 468 g/mol. The number of amides is 3. The van der Waals surface area contributed by atoms with Crippen molar-refractivity contribution in [2.24, 2.45) is 11.7 Å². The van der Waals surface area contributed by atoms with Crippen molar-refractivity contribution >= 4 is 46.3 Å². The molecule has 15 nitrogen and oxygen atoms in total. The van der Waals surface area contributed by atoms with E-state index in [-0.39, 0.29) is 24.6 Å². The Labute approximate surface area is 193 Å². The van der Waals surface area contributed by atoms with Gasteiger partial charge in [-0.1, -0.05) is 0 Å². The highest BCUT2D eigenvalue weighted by Gasteiger charge is 2.21. The van der Waals surface area contributed by atoms with Crippen molar-refractivity contribution in [3.63, 3.8) is 0 Å². The van der Waals surface area contributed by atoms with Gasteiger partial charge < -0.3 is 22.1 Å². The van der Waals surface area contributed by atoms with Gasteiger partial charge >= 0.3 is 0 Å². The second-order valence-electron chi connectivity index (χ2n) is 7.07. The smallest absolute Gasteiger partial charge is 0.256 e. The Balaban J connectivity index is 1.61.